The predicted molar refractivity (Wildman–Crippen MR) is 77.3 cm³/mol. The maximum Gasteiger partial charge on any atom is 0.341 e. The van der Waals surface area contributed by atoms with Gasteiger partial charge in [-0.2, -0.15) is 0 Å². The second kappa shape index (κ2) is 8.18. The van der Waals surface area contributed by atoms with Crippen LogP contribution in [0.2, 0.25) is 0 Å². The zero-order valence-corrected chi connectivity index (χ0v) is 12.5. The van der Waals surface area contributed by atoms with Crippen molar-refractivity contribution < 1.29 is 19.4 Å². The molecule has 0 aromatic carbocycles. The molecule has 1 unspecified atom stereocenters. The number of nitrogens with one attached hydrogen (secondary N) is 1. The molecule has 0 saturated carbocycles. The molecule has 0 saturated heterocycles. The Balaban J connectivity index is 2.58. The highest BCUT2D eigenvalue weighted by molar-refractivity contribution is 5.90. The van der Waals surface area contributed by atoms with Crippen molar-refractivity contribution in [2.24, 2.45) is 0 Å². The summed E-state index contributed by atoms with van der Waals surface area (Å²) in [6, 6.07) is 0.0530. The van der Waals surface area contributed by atoms with Crippen molar-refractivity contribution >= 4 is 17.9 Å². The lowest BCUT2D eigenvalue weighted by molar-refractivity contribution is -0.137. The molecule has 1 atom stereocenters. The van der Waals surface area contributed by atoms with Crippen LogP contribution in [0.5, 0.6) is 0 Å². The maximum atomic E-state index is 11.6. The Morgan fingerprint density at radius 1 is 1.48 bits per heavy atom. The molecule has 0 spiro atoms. The minimum absolute atomic E-state index is 0.0530. The van der Waals surface area contributed by atoms with Crippen LogP contribution in [0, 0.1) is 6.92 Å². The van der Waals surface area contributed by atoms with Gasteiger partial charge in [-0.05, 0) is 33.6 Å². The number of carbonyl (C=O) groups is 2. The van der Waals surface area contributed by atoms with E-state index < -0.39 is 11.9 Å². The van der Waals surface area contributed by atoms with Crippen LogP contribution in [0.3, 0.4) is 0 Å². The van der Waals surface area contributed by atoms with Gasteiger partial charge in [-0.3, -0.25) is 4.79 Å². The van der Waals surface area contributed by atoms with Crippen LogP contribution < -0.4 is 5.32 Å². The maximum absolute atomic E-state index is 11.6. The first-order valence-corrected chi connectivity index (χ1v) is 6.93. The van der Waals surface area contributed by atoms with Crippen LogP contribution in [0.15, 0.2) is 6.20 Å². The van der Waals surface area contributed by atoms with Crippen molar-refractivity contribution in [3.05, 3.63) is 17.5 Å². The van der Waals surface area contributed by atoms with E-state index in [0.717, 1.165) is 0 Å². The topological polar surface area (TPSA) is 101 Å². The van der Waals surface area contributed by atoms with Crippen LogP contribution in [-0.2, 0) is 9.53 Å². The number of ether oxygens (including phenoxy) is 1. The van der Waals surface area contributed by atoms with Gasteiger partial charge < -0.3 is 15.2 Å². The fourth-order valence-corrected chi connectivity index (χ4v) is 1.80. The first-order chi connectivity index (χ1) is 9.93. The van der Waals surface area contributed by atoms with E-state index in [4.69, 9.17) is 9.84 Å². The van der Waals surface area contributed by atoms with Crippen molar-refractivity contribution in [2.75, 3.05) is 11.9 Å². The summed E-state index contributed by atoms with van der Waals surface area (Å²) in [4.78, 5) is 30.4. The largest absolute Gasteiger partial charge is 0.481 e. The lowest BCUT2D eigenvalue weighted by atomic mass is 10.1. The van der Waals surface area contributed by atoms with Crippen LogP contribution in [-0.4, -0.2) is 39.7 Å². The van der Waals surface area contributed by atoms with E-state index in [1.807, 2.05) is 6.92 Å². The zero-order valence-electron chi connectivity index (χ0n) is 12.5. The molecule has 0 aliphatic heterocycles. The molecule has 7 heteroatoms. The third kappa shape index (κ3) is 5.76. The summed E-state index contributed by atoms with van der Waals surface area (Å²) < 4.78 is 4.91. The van der Waals surface area contributed by atoms with E-state index >= 15 is 0 Å². The molecule has 1 heterocycles. The van der Waals surface area contributed by atoms with Gasteiger partial charge in [0.1, 0.15) is 0 Å². The second-order valence-electron chi connectivity index (χ2n) is 4.74. The average Bonchev–Trinajstić information content (AvgIpc) is 2.38. The van der Waals surface area contributed by atoms with Crippen molar-refractivity contribution in [3.8, 4) is 0 Å². The first-order valence-electron chi connectivity index (χ1n) is 6.93. The van der Waals surface area contributed by atoms with E-state index in [0.29, 0.717) is 36.7 Å². The average molecular weight is 295 g/mol. The highest BCUT2D eigenvalue weighted by Gasteiger charge is 2.13. The van der Waals surface area contributed by atoms with Gasteiger partial charge >= 0.3 is 11.9 Å². The number of carbonyl (C=O) groups excluding carboxylic acids is 1. The van der Waals surface area contributed by atoms with Crippen molar-refractivity contribution in [3.63, 3.8) is 0 Å². The molecule has 2 N–H and O–H groups in total. The Labute approximate surface area is 123 Å². The fraction of sp³-hybridized carbons (Fsp3) is 0.571. The summed E-state index contributed by atoms with van der Waals surface area (Å²) in [5.74, 6) is -0.812. The highest BCUT2D eigenvalue weighted by atomic mass is 16.5. The van der Waals surface area contributed by atoms with Gasteiger partial charge in [0.05, 0.1) is 17.9 Å². The number of carboxylic acids is 1. The molecule has 116 valence electrons. The Morgan fingerprint density at radius 2 is 2.19 bits per heavy atom. The standard InChI is InChI=1S/C14H21N3O4/c1-4-21-13(20)11-8-15-14(17-10(11)3)16-9(2)6-5-7-12(18)19/h8-9H,4-7H2,1-3H3,(H,18,19)(H,15,16,17). The summed E-state index contributed by atoms with van der Waals surface area (Å²) in [7, 11) is 0. The SMILES string of the molecule is CCOC(=O)c1cnc(NC(C)CCCC(=O)O)nc1C. The lowest BCUT2D eigenvalue weighted by Gasteiger charge is -2.14. The zero-order chi connectivity index (χ0) is 15.8. The van der Waals surface area contributed by atoms with E-state index in [1.165, 1.54) is 6.20 Å². The quantitative estimate of drug-likeness (QED) is 0.707. The smallest absolute Gasteiger partial charge is 0.341 e. The van der Waals surface area contributed by atoms with Gasteiger partial charge in [-0.15, -0.1) is 0 Å². The summed E-state index contributed by atoms with van der Waals surface area (Å²) in [5, 5.41) is 11.7. The fourth-order valence-electron chi connectivity index (χ4n) is 1.80. The van der Waals surface area contributed by atoms with E-state index in [2.05, 4.69) is 15.3 Å². The van der Waals surface area contributed by atoms with Crippen LogP contribution in [0.25, 0.3) is 0 Å². The monoisotopic (exact) mass is 295 g/mol. The van der Waals surface area contributed by atoms with Crippen LogP contribution in [0.1, 0.15) is 49.2 Å². The van der Waals surface area contributed by atoms with Gasteiger partial charge in [-0.25, -0.2) is 14.8 Å². The predicted octanol–water partition coefficient (Wildman–Crippen LogP) is 2.02. The summed E-state index contributed by atoms with van der Waals surface area (Å²) >= 11 is 0. The third-order valence-corrected chi connectivity index (χ3v) is 2.88. The first kappa shape index (κ1) is 16.9. The Morgan fingerprint density at radius 3 is 2.76 bits per heavy atom. The molecule has 7 nitrogen and oxygen atoms in total. The molecule has 0 radical (unpaired) electrons. The van der Waals surface area contributed by atoms with Gasteiger partial charge in [0.15, 0.2) is 0 Å². The van der Waals surface area contributed by atoms with Gasteiger partial charge in [0.2, 0.25) is 5.95 Å². The molecule has 0 aliphatic carbocycles. The van der Waals surface area contributed by atoms with Gasteiger partial charge in [0.25, 0.3) is 0 Å². The summed E-state index contributed by atoms with van der Waals surface area (Å²) in [6.45, 7) is 5.69. The number of aromatic nitrogens is 2. The second-order valence-corrected chi connectivity index (χ2v) is 4.74. The molecule has 1 rings (SSSR count). The molecule has 21 heavy (non-hydrogen) atoms. The Hall–Kier alpha value is -2.18. The molecular formula is C14H21N3O4. The normalized spacial score (nSPS) is 11.8. The summed E-state index contributed by atoms with van der Waals surface area (Å²) in [5.41, 5.74) is 0.893. The Kier molecular flexibility index (Phi) is 6.58. The van der Waals surface area contributed by atoms with Crippen molar-refractivity contribution in [1.82, 2.24) is 9.97 Å². The molecule has 0 amide bonds. The van der Waals surface area contributed by atoms with E-state index in [-0.39, 0.29) is 12.5 Å². The molecule has 1 aromatic rings. The molecule has 0 aliphatic rings. The number of esters is 1. The lowest BCUT2D eigenvalue weighted by Crippen LogP contribution is -2.18. The minimum atomic E-state index is -0.798. The number of aryl methyl sites for hydroxylation is 1. The van der Waals surface area contributed by atoms with Crippen molar-refractivity contribution in [2.45, 2.75) is 46.1 Å². The minimum Gasteiger partial charge on any atom is -0.481 e. The van der Waals surface area contributed by atoms with Gasteiger partial charge in [-0.1, -0.05) is 0 Å². The van der Waals surface area contributed by atoms with Gasteiger partial charge in [0, 0.05) is 18.7 Å². The molecule has 0 bridgehead atoms. The summed E-state index contributed by atoms with van der Waals surface area (Å²) in [6.07, 6.45) is 2.87. The van der Waals surface area contributed by atoms with E-state index in [9.17, 15) is 9.59 Å². The third-order valence-electron chi connectivity index (χ3n) is 2.88. The molecule has 0 fully saturated rings. The number of nitrogens with zero attached hydrogens (tertiary/aromatic N) is 2. The molecular weight excluding hydrogens is 274 g/mol. The van der Waals surface area contributed by atoms with Crippen LogP contribution >= 0.6 is 0 Å². The van der Waals surface area contributed by atoms with E-state index in [1.54, 1.807) is 13.8 Å². The van der Waals surface area contributed by atoms with Crippen LogP contribution in [0.4, 0.5) is 5.95 Å². The number of anilines is 1. The number of hydrogen-bond donors (Lipinski definition) is 2. The number of hydrogen-bond acceptors (Lipinski definition) is 6. The van der Waals surface area contributed by atoms with Crippen molar-refractivity contribution in [1.29, 1.82) is 0 Å². The number of carboxylic acid groups (broad SMARTS) is 1. The molecule has 1 aromatic heterocycles. The highest BCUT2D eigenvalue weighted by Crippen LogP contribution is 2.11. The number of rotatable bonds is 8. The number of aliphatic carboxylic acids is 1. The Bertz CT molecular complexity index is 505.